The van der Waals surface area contributed by atoms with Crippen LogP contribution in [0.15, 0.2) is 52.3 Å². The first-order valence-corrected chi connectivity index (χ1v) is 7.99. The molecule has 0 aromatic heterocycles. The van der Waals surface area contributed by atoms with Gasteiger partial charge >= 0.3 is 0 Å². The standard InChI is InChI=1S/C15H16FNS2/c1-11-2-5-13(6-3-11)18-8-9-19-15-7-4-12(16)10-14(15)17/h2-7,10H,8-9,17H2,1H3. The fourth-order valence-corrected chi connectivity index (χ4v) is 3.44. The summed E-state index contributed by atoms with van der Waals surface area (Å²) >= 11 is 3.49. The molecule has 0 fully saturated rings. The number of aryl methyl sites for hydroxylation is 1. The lowest BCUT2D eigenvalue weighted by Gasteiger charge is -2.05. The van der Waals surface area contributed by atoms with E-state index in [-0.39, 0.29) is 5.82 Å². The second-order valence-corrected chi connectivity index (χ2v) is 6.50. The van der Waals surface area contributed by atoms with Crippen molar-refractivity contribution in [2.45, 2.75) is 16.7 Å². The predicted molar refractivity (Wildman–Crippen MR) is 83.4 cm³/mol. The van der Waals surface area contributed by atoms with Gasteiger partial charge in [-0.3, -0.25) is 0 Å². The Kier molecular flexibility index (Phi) is 5.16. The molecule has 19 heavy (non-hydrogen) atoms. The Hall–Kier alpha value is -1.13. The van der Waals surface area contributed by atoms with Crippen LogP contribution in [0.3, 0.4) is 0 Å². The van der Waals surface area contributed by atoms with Crippen molar-refractivity contribution in [1.29, 1.82) is 0 Å². The lowest BCUT2D eigenvalue weighted by atomic mass is 10.2. The van der Waals surface area contributed by atoms with Crippen LogP contribution < -0.4 is 5.73 Å². The van der Waals surface area contributed by atoms with Crippen LogP contribution in [0.4, 0.5) is 10.1 Å². The first-order chi connectivity index (χ1) is 9.15. The van der Waals surface area contributed by atoms with Crippen LogP contribution in [0.5, 0.6) is 0 Å². The summed E-state index contributed by atoms with van der Waals surface area (Å²) in [5.74, 6) is 1.68. The van der Waals surface area contributed by atoms with Gasteiger partial charge in [0.2, 0.25) is 0 Å². The average Bonchev–Trinajstić information content (AvgIpc) is 2.39. The summed E-state index contributed by atoms with van der Waals surface area (Å²) in [6.45, 7) is 2.08. The van der Waals surface area contributed by atoms with E-state index >= 15 is 0 Å². The minimum Gasteiger partial charge on any atom is -0.398 e. The summed E-state index contributed by atoms with van der Waals surface area (Å²) in [6, 6.07) is 13.1. The highest BCUT2D eigenvalue weighted by molar-refractivity contribution is 8.03. The number of benzene rings is 2. The Labute approximate surface area is 121 Å². The third-order valence-corrected chi connectivity index (χ3v) is 4.97. The number of halogens is 1. The minimum absolute atomic E-state index is 0.282. The van der Waals surface area contributed by atoms with Gasteiger partial charge in [0.25, 0.3) is 0 Å². The van der Waals surface area contributed by atoms with Crippen molar-refractivity contribution in [3.05, 3.63) is 53.8 Å². The molecule has 100 valence electrons. The molecule has 0 amide bonds. The van der Waals surface area contributed by atoms with Crippen molar-refractivity contribution in [3.63, 3.8) is 0 Å². The molecule has 0 saturated carbocycles. The van der Waals surface area contributed by atoms with Crippen LogP contribution in [0.25, 0.3) is 0 Å². The van der Waals surface area contributed by atoms with E-state index in [9.17, 15) is 4.39 Å². The Morgan fingerprint density at radius 3 is 2.37 bits per heavy atom. The van der Waals surface area contributed by atoms with E-state index in [2.05, 4.69) is 31.2 Å². The fourth-order valence-electron chi connectivity index (χ4n) is 1.60. The summed E-state index contributed by atoms with van der Waals surface area (Å²) < 4.78 is 12.9. The molecular weight excluding hydrogens is 277 g/mol. The third kappa shape index (κ3) is 4.48. The van der Waals surface area contributed by atoms with Gasteiger partial charge in [-0.25, -0.2) is 4.39 Å². The largest absolute Gasteiger partial charge is 0.398 e. The van der Waals surface area contributed by atoms with Crippen LogP contribution >= 0.6 is 23.5 Å². The van der Waals surface area contributed by atoms with Crippen molar-refractivity contribution in [2.75, 3.05) is 17.2 Å². The lowest BCUT2D eigenvalue weighted by molar-refractivity contribution is 0.627. The van der Waals surface area contributed by atoms with Crippen LogP contribution in [0, 0.1) is 12.7 Å². The normalized spacial score (nSPS) is 10.6. The van der Waals surface area contributed by atoms with Gasteiger partial charge in [0.05, 0.1) is 0 Å². The van der Waals surface area contributed by atoms with Crippen molar-refractivity contribution < 1.29 is 4.39 Å². The molecule has 0 unspecified atom stereocenters. The maximum Gasteiger partial charge on any atom is 0.125 e. The van der Waals surface area contributed by atoms with Crippen molar-refractivity contribution >= 4 is 29.2 Å². The second-order valence-electron chi connectivity index (χ2n) is 4.19. The zero-order valence-electron chi connectivity index (χ0n) is 10.7. The molecule has 0 aliphatic heterocycles. The Morgan fingerprint density at radius 2 is 1.68 bits per heavy atom. The summed E-state index contributed by atoms with van der Waals surface area (Å²) in [7, 11) is 0. The quantitative estimate of drug-likeness (QED) is 0.495. The predicted octanol–water partition coefficient (Wildman–Crippen LogP) is 4.60. The molecule has 4 heteroatoms. The topological polar surface area (TPSA) is 26.0 Å². The van der Waals surface area contributed by atoms with Crippen LogP contribution in [-0.2, 0) is 0 Å². The van der Waals surface area contributed by atoms with Crippen LogP contribution in [0.1, 0.15) is 5.56 Å². The highest BCUT2D eigenvalue weighted by atomic mass is 32.2. The van der Waals surface area contributed by atoms with Gasteiger partial charge in [0.15, 0.2) is 0 Å². The number of rotatable bonds is 5. The van der Waals surface area contributed by atoms with Crippen molar-refractivity contribution in [2.24, 2.45) is 0 Å². The Morgan fingerprint density at radius 1 is 1.00 bits per heavy atom. The molecule has 0 aliphatic rings. The molecular formula is C15H16FNS2. The minimum atomic E-state index is -0.282. The highest BCUT2D eigenvalue weighted by Gasteiger charge is 2.02. The second kappa shape index (κ2) is 6.87. The molecule has 0 bridgehead atoms. The van der Waals surface area contributed by atoms with E-state index in [1.54, 1.807) is 17.8 Å². The summed E-state index contributed by atoms with van der Waals surface area (Å²) in [4.78, 5) is 2.23. The van der Waals surface area contributed by atoms with E-state index in [4.69, 9.17) is 5.73 Å². The molecule has 0 aliphatic carbocycles. The number of hydrogen-bond acceptors (Lipinski definition) is 3. The van der Waals surface area contributed by atoms with Gasteiger partial charge < -0.3 is 5.73 Å². The smallest absolute Gasteiger partial charge is 0.125 e. The maximum atomic E-state index is 12.9. The van der Waals surface area contributed by atoms with Crippen LogP contribution in [-0.4, -0.2) is 11.5 Å². The molecule has 2 aromatic rings. The molecule has 0 spiro atoms. The lowest BCUT2D eigenvalue weighted by Crippen LogP contribution is -1.91. The van der Waals surface area contributed by atoms with Gasteiger partial charge in [0, 0.05) is 27.0 Å². The number of nitrogen functional groups attached to an aromatic ring is 1. The molecule has 0 atom stereocenters. The molecule has 0 radical (unpaired) electrons. The molecule has 2 N–H and O–H groups in total. The third-order valence-electron chi connectivity index (χ3n) is 2.60. The van der Waals surface area contributed by atoms with Gasteiger partial charge in [-0.05, 0) is 37.3 Å². The molecule has 0 saturated heterocycles. The van der Waals surface area contributed by atoms with Crippen molar-refractivity contribution in [3.8, 4) is 0 Å². The van der Waals surface area contributed by atoms with Crippen molar-refractivity contribution in [1.82, 2.24) is 0 Å². The SMILES string of the molecule is Cc1ccc(SCCSc2ccc(F)cc2N)cc1. The monoisotopic (exact) mass is 293 g/mol. The number of nitrogens with two attached hydrogens (primary N) is 1. The Balaban J connectivity index is 1.79. The number of anilines is 1. The van der Waals surface area contributed by atoms with E-state index in [0.717, 1.165) is 16.4 Å². The number of thioether (sulfide) groups is 2. The fraction of sp³-hybridized carbons (Fsp3) is 0.200. The molecule has 2 rings (SSSR count). The molecule has 1 nitrogen and oxygen atoms in total. The average molecular weight is 293 g/mol. The van der Waals surface area contributed by atoms with E-state index in [1.165, 1.54) is 22.6 Å². The number of hydrogen-bond donors (Lipinski definition) is 1. The van der Waals surface area contributed by atoms with E-state index < -0.39 is 0 Å². The summed E-state index contributed by atoms with van der Waals surface area (Å²) in [5, 5.41) is 0. The zero-order chi connectivity index (χ0) is 13.7. The molecule has 0 heterocycles. The van der Waals surface area contributed by atoms with E-state index in [0.29, 0.717) is 5.69 Å². The zero-order valence-corrected chi connectivity index (χ0v) is 12.4. The van der Waals surface area contributed by atoms with Crippen LogP contribution in [0.2, 0.25) is 0 Å². The highest BCUT2D eigenvalue weighted by Crippen LogP contribution is 2.27. The van der Waals surface area contributed by atoms with Gasteiger partial charge in [-0.1, -0.05) is 17.7 Å². The first kappa shape index (κ1) is 14.3. The van der Waals surface area contributed by atoms with Gasteiger partial charge in [-0.15, -0.1) is 23.5 Å². The first-order valence-electron chi connectivity index (χ1n) is 6.02. The summed E-state index contributed by atoms with van der Waals surface area (Å²) in [6.07, 6.45) is 0. The molecule has 2 aromatic carbocycles. The van der Waals surface area contributed by atoms with Gasteiger partial charge in [-0.2, -0.15) is 0 Å². The summed E-state index contributed by atoms with van der Waals surface area (Å²) in [5.41, 5.74) is 7.56. The maximum absolute atomic E-state index is 12.9. The van der Waals surface area contributed by atoms with E-state index in [1.807, 2.05) is 11.8 Å². The Bertz CT molecular complexity index is 540. The van der Waals surface area contributed by atoms with Gasteiger partial charge in [0.1, 0.15) is 5.82 Å².